The standard InChI is InChI=1S/C30H33N5O4/c1-18(2)38-27-10-7-21(16-22(27)17-31)29-33-28(34-39-29)25-6-4-5-24-23(25)8-9-26(24)32-30(37)35-13-11-20(12-14-35)15-19(3)36/h4-7,10,16,18,20,26H,8-9,11-15H2,1-3H3,(H,32,37)/t26-/m1/s1. The Hall–Kier alpha value is -4.19. The SMILES string of the molecule is CC(=O)CC1CCN(C(=O)N[C@@H]2CCc3c(-c4noc(-c5ccc(OC(C)C)c(C#N)c5)n4)cccc32)CC1. The smallest absolute Gasteiger partial charge is 0.317 e. The van der Waals surface area contributed by atoms with Crippen molar-refractivity contribution in [3.8, 4) is 34.7 Å². The van der Waals surface area contributed by atoms with E-state index in [9.17, 15) is 14.9 Å². The molecule has 2 aliphatic rings. The molecule has 0 bridgehead atoms. The third-order valence-corrected chi connectivity index (χ3v) is 7.42. The van der Waals surface area contributed by atoms with E-state index in [4.69, 9.17) is 9.26 Å². The number of ether oxygens (including phenoxy) is 1. The van der Waals surface area contributed by atoms with Crippen LogP contribution in [0.1, 0.15) is 69.2 Å². The lowest BCUT2D eigenvalue weighted by molar-refractivity contribution is -0.118. The van der Waals surface area contributed by atoms with Crippen LogP contribution in [0.5, 0.6) is 5.75 Å². The molecule has 9 heteroatoms. The number of benzene rings is 2. The summed E-state index contributed by atoms with van der Waals surface area (Å²) >= 11 is 0. The number of piperidine rings is 1. The monoisotopic (exact) mass is 527 g/mol. The molecule has 5 rings (SSSR count). The largest absolute Gasteiger partial charge is 0.490 e. The molecule has 39 heavy (non-hydrogen) atoms. The van der Waals surface area contributed by atoms with Gasteiger partial charge >= 0.3 is 6.03 Å². The fourth-order valence-corrected chi connectivity index (χ4v) is 5.56. The van der Waals surface area contributed by atoms with Crippen molar-refractivity contribution >= 4 is 11.8 Å². The number of fused-ring (bicyclic) bond motifs is 1. The van der Waals surface area contributed by atoms with E-state index in [1.807, 2.05) is 36.9 Å². The van der Waals surface area contributed by atoms with Crippen LogP contribution >= 0.6 is 0 Å². The zero-order valence-electron chi connectivity index (χ0n) is 22.6. The number of amides is 2. The molecule has 0 saturated carbocycles. The van der Waals surface area contributed by atoms with Gasteiger partial charge in [0, 0.05) is 30.6 Å². The van der Waals surface area contributed by atoms with E-state index < -0.39 is 0 Å². The van der Waals surface area contributed by atoms with Crippen molar-refractivity contribution in [2.75, 3.05) is 13.1 Å². The molecule has 1 atom stereocenters. The lowest BCUT2D eigenvalue weighted by Gasteiger charge is -2.32. The summed E-state index contributed by atoms with van der Waals surface area (Å²) in [7, 11) is 0. The Morgan fingerprint density at radius 2 is 2.00 bits per heavy atom. The Bertz CT molecular complexity index is 1410. The summed E-state index contributed by atoms with van der Waals surface area (Å²) in [6.45, 7) is 6.80. The molecule has 1 aliphatic heterocycles. The molecular formula is C30H33N5O4. The average molecular weight is 528 g/mol. The fourth-order valence-electron chi connectivity index (χ4n) is 5.56. The molecule has 1 fully saturated rings. The van der Waals surface area contributed by atoms with Crippen molar-refractivity contribution in [1.29, 1.82) is 5.26 Å². The minimum absolute atomic E-state index is 0.0447. The number of hydrogen-bond acceptors (Lipinski definition) is 7. The first-order valence-electron chi connectivity index (χ1n) is 13.5. The van der Waals surface area contributed by atoms with Gasteiger partial charge in [0.05, 0.1) is 17.7 Å². The van der Waals surface area contributed by atoms with Gasteiger partial charge in [-0.05, 0) is 81.7 Å². The normalized spacial score (nSPS) is 17.1. The van der Waals surface area contributed by atoms with Crippen LogP contribution in [0.3, 0.4) is 0 Å². The highest BCUT2D eigenvalue weighted by Gasteiger charge is 2.30. The first kappa shape index (κ1) is 26.4. The molecule has 2 heterocycles. The summed E-state index contributed by atoms with van der Waals surface area (Å²) in [5.41, 5.74) is 4.10. The highest BCUT2D eigenvalue weighted by atomic mass is 16.5. The van der Waals surface area contributed by atoms with Crippen LogP contribution in [0, 0.1) is 17.2 Å². The minimum atomic E-state index is -0.0829. The van der Waals surface area contributed by atoms with Gasteiger partial charge in [-0.1, -0.05) is 23.4 Å². The van der Waals surface area contributed by atoms with E-state index in [1.165, 1.54) is 0 Å². The van der Waals surface area contributed by atoms with Gasteiger partial charge in [-0.2, -0.15) is 10.2 Å². The Balaban J connectivity index is 1.29. The van der Waals surface area contributed by atoms with Gasteiger partial charge in [0.1, 0.15) is 17.6 Å². The number of likely N-dealkylation sites (tertiary alicyclic amines) is 1. The van der Waals surface area contributed by atoms with Gasteiger partial charge in [0.2, 0.25) is 5.82 Å². The number of nitrogens with one attached hydrogen (secondary N) is 1. The van der Waals surface area contributed by atoms with E-state index in [1.54, 1.807) is 25.1 Å². The molecule has 1 aromatic heterocycles. The first-order chi connectivity index (χ1) is 18.8. The van der Waals surface area contributed by atoms with Gasteiger partial charge in [-0.15, -0.1) is 0 Å². The van der Waals surface area contributed by atoms with Crippen molar-refractivity contribution in [3.63, 3.8) is 0 Å². The third kappa shape index (κ3) is 5.80. The van der Waals surface area contributed by atoms with Gasteiger partial charge in [-0.25, -0.2) is 4.79 Å². The van der Waals surface area contributed by atoms with Crippen LogP contribution in [-0.2, 0) is 11.2 Å². The topological polar surface area (TPSA) is 121 Å². The number of carbonyl (C=O) groups excluding carboxylic acids is 2. The maximum atomic E-state index is 13.0. The Morgan fingerprint density at radius 3 is 2.72 bits per heavy atom. The molecule has 2 aromatic carbocycles. The minimum Gasteiger partial charge on any atom is -0.490 e. The van der Waals surface area contributed by atoms with E-state index in [-0.39, 0.29) is 24.0 Å². The van der Waals surface area contributed by atoms with Gasteiger partial charge in [0.15, 0.2) is 0 Å². The number of urea groups is 1. The van der Waals surface area contributed by atoms with Crippen molar-refractivity contribution in [3.05, 3.63) is 53.1 Å². The average Bonchev–Trinajstić information content (AvgIpc) is 3.56. The second-order valence-corrected chi connectivity index (χ2v) is 10.7. The van der Waals surface area contributed by atoms with Gasteiger partial charge in [-0.3, -0.25) is 0 Å². The number of carbonyl (C=O) groups is 2. The van der Waals surface area contributed by atoms with E-state index in [2.05, 4.69) is 21.5 Å². The molecule has 1 N–H and O–H groups in total. The number of nitrogens with zero attached hydrogens (tertiary/aromatic N) is 4. The lowest BCUT2D eigenvalue weighted by atomic mass is 9.92. The Kier molecular flexibility index (Phi) is 7.64. The van der Waals surface area contributed by atoms with Crippen LogP contribution < -0.4 is 10.1 Å². The Labute approximate surface area is 228 Å². The summed E-state index contributed by atoms with van der Waals surface area (Å²) in [6, 6.07) is 13.2. The zero-order chi connectivity index (χ0) is 27.5. The Morgan fingerprint density at radius 1 is 1.21 bits per heavy atom. The third-order valence-electron chi connectivity index (χ3n) is 7.42. The molecule has 202 valence electrons. The zero-order valence-corrected chi connectivity index (χ0v) is 22.6. The summed E-state index contributed by atoms with van der Waals surface area (Å²) in [5, 5.41) is 17.0. The van der Waals surface area contributed by atoms with Gasteiger partial charge < -0.3 is 24.3 Å². The molecule has 0 spiro atoms. The summed E-state index contributed by atoms with van der Waals surface area (Å²) in [4.78, 5) is 30.9. The fraction of sp³-hybridized carbons (Fsp3) is 0.433. The molecule has 9 nitrogen and oxygen atoms in total. The number of nitriles is 1. The molecule has 1 saturated heterocycles. The van der Waals surface area contributed by atoms with Crippen molar-refractivity contribution < 1.29 is 18.8 Å². The summed E-state index contributed by atoms with van der Waals surface area (Å²) in [5.74, 6) is 1.91. The predicted molar refractivity (Wildman–Crippen MR) is 145 cm³/mol. The lowest BCUT2D eigenvalue weighted by Crippen LogP contribution is -2.45. The quantitative estimate of drug-likeness (QED) is 0.433. The summed E-state index contributed by atoms with van der Waals surface area (Å²) < 4.78 is 11.3. The van der Waals surface area contributed by atoms with Crippen molar-refractivity contribution in [2.24, 2.45) is 5.92 Å². The van der Waals surface area contributed by atoms with Gasteiger partial charge in [0.25, 0.3) is 5.89 Å². The van der Waals surface area contributed by atoms with Crippen molar-refractivity contribution in [2.45, 2.75) is 65.0 Å². The van der Waals surface area contributed by atoms with Crippen LogP contribution in [-0.4, -0.2) is 46.0 Å². The number of aromatic nitrogens is 2. The van der Waals surface area contributed by atoms with Crippen molar-refractivity contribution in [1.82, 2.24) is 20.4 Å². The second-order valence-electron chi connectivity index (χ2n) is 10.7. The van der Waals surface area contributed by atoms with Crippen LogP contribution in [0.25, 0.3) is 22.8 Å². The number of hydrogen-bond donors (Lipinski definition) is 1. The number of rotatable bonds is 7. The molecule has 1 aliphatic carbocycles. The molecule has 3 aromatic rings. The predicted octanol–water partition coefficient (Wildman–Crippen LogP) is 5.45. The van der Waals surface area contributed by atoms with E-state index in [0.717, 1.165) is 42.4 Å². The molecule has 0 unspecified atom stereocenters. The second kappa shape index (κ2) is 11.3. The van der Waals surface area contributed by atoms with E-state index >= 15 is 0 Å². The van der Waals surface area contributed by atoms with E-state index in [0.29, 0.717) is 54.0 Å². The van der Waals surface area contributed by atoms with Crippen LogP contribution in [0.15, 0.2) is 40.9 Å². The maximum absolute atomic E-state index is 13.0. The highest BCUT2D eigenvalue weighted by Crippen LogP contribution is 2.38. The number of Topliss-reactive ketones (excluding diaryl/α,β-unsaturated/α-hetero) is 1. The molecule has 2 amide bonds. The highest BCUT2D eigenvalue weighted by molar-refractivity contribution is 5.77. The van der Waals surface area contributed by atoms with Crippen LogP contribution in [0.4, 0.5) is 4.79 Å². The molecular weight excluding hydrogens is 494 g/mol. The molecule has 0 radical (unpaired) electrons. The summed E-state index contributed by atoms with van der Waals surface area (Å²) in [6.07, 6.45) is 3.87. The maximum Gasteiger partial charge on any atom is 0.317 e. The van der Waals surface area contributed by atoms with Crippen LogP contribution in [0.2, 0.25) is 0 Å². The first-order valence-corrected chi connectivity index (χ1v) is 13.5. The number of ketones is 1.